The second kappa shape index (κ2) is 12.9. The van der Waals surface area contributed by atoms with Gasteiger partial charge in [0.1, 0.15) is 23.6 Å². The smallest absolute Gasteiger partial charge is 0.407 e. The van der Waals surface area contributed by atoms with E-state index in [1.54, 1.807) is 4.90 Å². The lowest BCUT2D eigenvalue weighted by Crippen LogP contribution is -2.40. The van der Waals surface area contributed by atoms with Crippen molar-refractivity contribution in [1.29, 1.82) is 0 Å². The number of nitrogens with one attached hydrogen (secondary N) is 1. The third kappa shape index (κ3) is 9.36. The number of anilines is 1. The molecular formula is C26H43N7O4. The topological polar surface area (TPSA) is 135 Å². The molecule has 2 saturated heterocycles. The lowest BCUT2D eigenvalue weighted by atomic mass is 9.92. The average Bonchev–Trinajstić information content (AvgIpc) is 3.29. The molecule has 2 aliphatic heterocycles. The SMILES string of the molecule is CC(C)/C(N)=N/C(=O)N1CCC(CCCOc2cc(N3CCC(NC(=O)OC(C)(C)C)C3)ncn2)CC1. The first-order valence-electron chi connectivity index (χ1n) is 13.3. The molecule has 0 aliphatic carbocycles. The summed E-state index contributed by atoms with van der Waals surface area (Å²) in [4.78, 5) is 40.9. The fraction of sp³-hybridized carbons (Fsp3) is 0.731. The lowest BCUT2D eigenvalue weighted by Gasteiger charge is -2.30. The third-order valence-electron chi connectivity index (χ3n) is 6.57. The van der Waals surface area contributed by atoms with E-state index in [-0.39, 0.29) is 18.0 Å². The van der Waals surface area contributed by atoms with Gasteiger partial charge in [0.15, 0.2) is 0 Å². The maximum absolute atomic E-state index is 12.3. The lowest BCUT2D eigenvalue weighted by molar-refractivity contribution is 0.0509. The summed E-state index contributed by atoms with van der Waals surface area (Å²) in [6.07, 6.45) is 5.83. The number of carbonyl (C=O) groups is 2. The Morgan fingerprint density at radius 1 is 1.19 bits per heavy atom. The Kier molecular flexibility index (Phi) is 9.93. The predicted molar refractivity (Wildman–Crippen MR) is 143 cm³/mol. The molecular weight excluding hydrogens is 474 g/mol. The van der Waals surface area contributed by atoms with Gasteiger partial charge < -0.3 is 30.3 Å². The number of piperidine rings is 1. The van der Waals surface area contributed by atoms with Gasteiger partial charge in [0, 0.05) is 38.2 Å². The molecule has 3 amide bonds. The van der Waals surface area contributed by atoms with E-state index in [0.29, 0.717) is 43.9 Å². The summed E-state index contributed by atoms with van der Waals surface area (Å²) in [5, 5.41) is 2.93. The van der Waals surface area contributed by atoms with Crippen LogP contribution in [0.25, 0.3) is 0 Å². The predicted octanol–water partition coefficient (Wildman–Crippen LogP) is 3.58. The summed E-state index contributed by atoms with van der Waals surface area (Å²) in [6.45, 7) is 12.9. The van der Waals surface area contributed by atoms with Crippen LogP contribution < -0.4 is 20.7 Å². The Morgan fingerprint density at radius 3 is 2.59 bits per heavy atom. The fourth-order valence-electron chi connectivity index (χ4n) is 4.41. The van der Waals surface area contributed by atoms with E-state index >= 15 is 0 Å². The highest BCUT2D eigenvalue weighted by atomic mass is 16.6. The molecule has 2 aliphatic rings. The Balaban J connectivity index is 1.36. The first-order chi connectivity index (χ1) is 17.5. The van der Waals surface area contributed by atoms with Gasteiger partial charge in [-0.3, -0.25) is 0 Å². The van der Waals surface area contributed by atoms with E-state index in [4.69, 9.17) is 15.2 Å². The van der Waals surface area contributed by atoms with Crippen LogP contribution in [-0.4, -0.2) is 77.3 Å². The van der Waals surface area contributed by atoms with Gasteiger partial charge in [-0.2, -0.15) is 4.99 Å². The molecule has 2 fully saturated rings. The molecule has 1 atom stereocenters. The van der Waals surface area contributed by atoms with Crippen LogP contribution >= 0.6 is 0 Å². The van der Waals surface area contributed by atoms with E-state index in [0.717, 1.165) is 44.5 Å². The van der Waals surface area contributed by atoms with Crippen molar-refractivity contribution < 1.29 is 19.1 Å². The number of urea groups is 1. The highest BCUT2D eigenvalue weighted by molar-refractivity contribution is 5.93. The van der Waals surface area contributed by atoms with Crippen molar-refractivity contribution >= 4 is 23.8 Å². The zero-order valence-electron chi connectivity index (χ0n) is 22.9. The Hall–Kier alpha value is -3.11. The quantitative estimate of drug-likeness (QED) is 0.303. The van der Waals surface area contributed by atoms with Crippen LogP contribution in [-0.2, 0) is 4.74 Å². The van der Waals surface area contributed by atoms with Crippen LogP contribution in [0.2, 0.25) is 0 Å². The molecule has 3 rings (SSSR count). The van der Waals surface area contributed by atoms with Crippen LogP contribution in [0.15, 0.2) is 17.4 Å². The standard InChI is InChI=1S/C26H43N7O4/c1-18(2)23(27)31-24(34)32-11-8-19(9-12-32)7-6-14-36-22-15-21(28-17-29-22)33-13-10-20(16-33)30-25(35)37-26(3,4)5/h15,17-20H,6-14,16H2,1-5H3,(H,30,35)(H2,27,31,34). The van der Waals surface area contributed by atoms with Crippen LogP contribution in [0.1, 0.15) is 66.7 Å². The highest BCUT2D eigenvalue weighted by Crippen LogP contribution is 2.24. The van der Waals surface area contributed by atoms with Crippen molar-refractivity contribution in [3.05, 3.63) is 12.4 Å². The minimum absolute atomic E-state index is 0.00950. The number of aliphatic imine (C=N–C) groups is 1. The van der Waals surface area contributed by atoms with Gasteiger partial charge in [-0.1, -0.05) is 13.8 Å². The maximum atomic E-state index is 12.3. The van der Waals surface area contributed by atoms with Crippen LogP contribution in [0.4, 0.5) is 15.4 Å². The summed E-state index contributed by atoms with van der Waals surface area (Å²) in [6, 6.07) is 1.64. The molecule has 3 N–H and O–H groups in total. The molecule has 1 aromatic heterocycles. The molecule has 206 valence electrons. The average molecular weight is 518 g/mol. The van der Waals surface area contributed by atoms with Crippen molar-refractivity contribution in [1.82, 2.24) is 20.2 Å². The summed E-state index contributed by atoms with van der Waals surface area (Å²) >= 11 is 0. The van der Waals surface area contributed by atoms with Crippen molar-refractivity contribution in [2.75, 3.05) is 37.7 Å². The largest absolute Gasteiger partial charge is 0.478 e. The normalized spacial score (nSPS) is 19.3. The third-order valence-corrected chi connectivity index (χ3v) is 6.57. The molecule has 11 heteroatoms. The summed E-state index contributed by atoms with van der Waals surface area (Å²) in [5.74, 6) is 2.37. The van der Waals surface area contributed by atoms with E-state index in [1.165, 1.54) is 6.33 Å². The van der Waals surface area contributed by atoms with Crippen molar-refractivity contribution in [2.45, 2.75) is 78.4 Å². The zero-order chi connectivity index (χ0) is 27.0. The minimum Gasteiger partial charge on any atom is -0.478 e. The van der Waals surface area contributed by atoms with Crippen LogP contribution in [0.3, 0.4) is 0 Å². The number of rotatable bonds is 8. The molecule has 1 aromatic rings. The van der Waals surface area contributed by atoms with E-state index in [1.807, 2.05) is 40.7 Å². The fourth-order valence-corrected chi connectivity index (χ4v) is 4.41. The van der Waals surface area contributed by atoms with E-state index in [9.17, 15) is 9.59 Å². The molecule has 0 spiro atoms. The number of alkyl carbamates (subject to hydrolysis) is 1. The summed E-state index contributed by atoms with van der Waals surface area (Å²) in [5.41, 5.74) is 5.30. The molecule has 0 aromatic carbocycles. The van der Waals surface area contributed by atoms with Gasteiger partial charge in [0.2, 0.25) is 5.88 Å². The zero-order valence-corrected chi connectivity index (χ0v) is 22.9. The van der Waals surface area contributed by atoms with E-state index in [2.05, 4.69) is 25.2 Å². The number of nitrogens with two attached hydrogens (primary N) is 1. The number of hydrogen-bond donors (Lipinski definition) is 2. The van der Waals surface area contributed by atoms with Gasteiger partial charge >= 0.3 is 12.1 Å². The number of likely N-dealkylation sites (tertiary alicyclic amines) is 1. The molecule has 3 heterocycles. The Bertz CT molecular complexity index is 939. The van der Waals surface area contributed by atoms with Crippen LogP contribution in [0.5, 0.6) is 5.88 Å². The number of hydrogen-bond acceptors (Lipinski definition) is 7. The number of amides is 3. The second-order valence-electron chi connectivity index (χ2n) is 11.2. The Labute approximate surface area is 220 Å². The number of carbonyl (C=O) groups excluding carboxylic acids is 2. The van der Waals surface area contributed by atoms with Gasteiger partial charge in [0.25, 0.3) is 0 Å². The molecule has 11 nitrogen and oxygen atoms in total. The van der Waals surface area contributed by atoms with Crippen molar-refractivity contribution in [3.63, 3.8) is 0 Å². The van der Waals surface area contributed by atoms with Gasteiger partial charge in [-0.05, 0) is 58.8 Å². The second-order valence-corrected chi connectivity index (χ2v) is 11.2. The first-order valence-corrected chi connectivity index (χ1v) is 13.3. The van der Waals surface area contributed by atoms with Gasteiger partial charge in [-0.25, -0.2) is 19.6 Å². The Morgan fingerprint density at radius 2 is 1.92 bits per heavy atom. The monoisotopic (exact) mass is 517 g/mol. The number of amidine groups is 1. The summed E-state index contributed by atoms with van der Waals surface area (Å²) < 4.78 is 11.3. The highest BCUT2D eigenvalue weighted by Gasteiger charge is 2.27. The number of aromatic nitrogens is 2. The molecule has 1 unspecified atom stereocenters. The molecule has 0 radical (unpaired) electrons. The number of ether oxygens (including phenoxy) is 2. The molecule has 37 heavy (non-hydrogen) atoms. The molecule has 0 saturated carbocycles. The van der Waals surface area contributed by atoms with E-state index < -0.39 is 11.7 Å². The minimum atomic E-state index is -0.519. The first kappa shape index (κ1) is 28.5. The van der Waals surface area contributed by atoms with Gasteiger partial charge in [0.05, 0.1) is 12.6 Å². The summed E-state index contributed by atoms with van der Waals surface area (Å²) in [7, 11) is 0. The number of nitrogens with zero attached hydrogens (tertiary/aromatic N) is 5. The van der Waals surface area contributed by atoms with Crippen molar-refractivity contribution in [2.24, 2.45) is 22.6 Å². The van der Waals surface area contributed by atoms with Crippen LogP contribution in [0, 0.1) is 11.8 Å². The van der Waals surface area contributed by atoms with Gasteiger partial charge in [-0.15, -0.1) is 0 Å². The van der Waals surface area contributed by atoms with Crippen molar-refractivity contribution in [3.8, 4) is 5.88 Å². The molecule has 0 bridgehead atoms. The maximum Gasteiger partial charge on any atom is 0.407 e.